The summed E-state index contributed by atoms with van der Waals surface area (Å²) in [7, 11) is 0. The minimum atomic E-state index is -4.64. The molecule has 3 aromatic rings. The zero-order valence-electron chi connectivity index (χ0n) is 19.9. The predicted molar refractivity (Wildman–Crippen MR) is 131 cm³/mol. The molecule has 2 heterocycles. The van der Waals surface area contributed by atoms with Crippen LogP contribution in [0.1, 0.15) is 41.8 Å². The number of hydrogen-bond acceptors (Lipinski definition) is 6. The second-order valence-electron chi connectivity index (χ2n) is 8.50. The molecular weight excluding hydrogens is 487 g/mol. The molecule has 11 heteroatoms. The van der Waals surface area contributed by atoms with E-state index in [1.807, 2.05) is 6.07 Å². The number of hydrazine groups is 1. The molecule has 1 aliphatic rings. The second kappa shape index (κ2) is 9.91. The van der Waals surface area contributed by atoms with E-state index in [2.05, 4.69) is 5.43 Å². The van der Waals surface area contributed by atoms with Gasteiger partial charge >= 0.3 is 11.9 Å². The van der Waals surface area contributed by atoms with Crippen LogP contribution < -0.4 is 21.7 Å². The van der Waals surface area contributed by atoms with E-state index in [1.165, 1.54) is 26.0 Å². The van der Waals surface area contributed by atoms with E-state index in [0.29, 0.717) is 29.8 Å². The van der Waals surface area contributed by atoms with Gasteiger partial charge in [0.25, 0.3) is 5.56 Å². The van der Waals surface area contributed by atoms with Crippen LogP contribution >= 0.6 is 0 Å². The van der Waals surface area contributed by atoms with Gasteiger partial charge in [0.1, 0.15) is 6.29 Å². The first-order chi connectivity index (χ1) is 17.6. The number of anilines is 1. The molecule has 190 valence electrons. The summed E-state index contributed by atoms with van der Waals surface area (Å²) in [6.07, 6.45) is -2.49. The summed E-state index contributed by atoms with van der Waals surface area (Å²) < 4.78 is 42.3. The number of aldehydes is 1. The number of carbonyl (C=O) groups is 1. The van der Waals surface area contributed by atoms with Crippen LogP contribution in [0.4, 0.5) is 18.9 Å². The van der Waals surface area contributed by atoms with Crippen molar-refractivity contribution in [3.05, 3.63) is 97.8 Å². The standard InChI is InChI=1S/C26H22F3N5O3/c1-16(11-13-35)32-24(36)23(22-10-12-31-34(22)20-8-6-18(15-30)7-9-20)17(2)33(25(32)37)21-5-3-4-19(14-21)26(27,28)29/h3-10,13-14,16,31H,11-12H2,1-2H3/t16-/m1/s1. The van der Waals surface area contributed by atoms with Crippen molar-refractivity contribution in [3.8, 4) is 11.8 Å². The van der Waals surface area contributed by atoms with Gasteiger partial charge in [0.05, 0.1) is 39.8 Å². The summed E-state index contributed by atoms with van der Waals surface area (Å²) in [5, 5.41) is 10.7. The Bertz CT molecular complexity index is 1550. The van der Waals surface area contributed by atoms with Crippen LogP contribution in [0.15, 0.2) is 64.2 Å². The van der Waals surface area contributed by atoms with E-state index in [-0.39, 0.29) is 23.4 Å². The zero-order chi connectivity index (χ0) is 26.9. The predicted octanol–water partition coefficient (Wildman–Crippen LogP) is 3.71. The first-order valence-electron chi connectivity index (χ1n) is 11.3. The highest BCUT2D eigenvalue weighted by molar-refractivity contribution is 5.81. The Morgan fingerprint density at radius 1 is 1.14 bits per heavy atom. The number of nitrogens with zero attached hydrogens (tertiary/aromatic N) is 4. The lowest BCUT2D eigenvalue weighted by molar-refractivity contribution is -0.137. The fraction of sp³-hybridized carbons (Fsp3) is 0.231. The first kappa shape index (κ1) is 25.7. The number of benzene rings is 2. The topological polar surface area (TPSA) is 100 Å². The maximum atomic E-state index is 13.7. The molecule has 0 aliphatic carbocycles. The van der Waals surface area contributed by atoms with Crippen molar-refractivity contribution >= 4 is 17.7 Å². The minimum absolute atomic E-state index is 0.0675. The van der Waals surface area contributed by atoms with E-state index in [9.17, 15) is 27.6 Å². The molecular formula is C26H22F3N5O3. The van der Waals surface area contributed by atoms with Gasteiger partial charge in [-0.05, 0) is 62.4 Å². The van der Waals surface area contributed by atoms with E-state index in [1.54, 1.807) is 35.4 Å². The third-order valence-electron chi connectivity index (χ3n) is 6.13. The molecule has 0 spiro atoms. The summed E-state index contributed by atoms with van der Waals surface area (Å²) in [5.74, 6) is 0. The molecule has 0 saturated heterocycles. The Morgan fingerprint density at radius 2 is 1.84 bits per heavy atom. The molecule has 0 unspecified atom stereocenters. The van der Waals surface area contributed by atoms with Crippen LogP contribution in [-0.2, 0) is 11.0 Å². The average molecular weight is 509 g/mol. The van der Waals surface area contributed by atoms with Crippen molar-refractivity contribution in [2.75, 3.05) is 11.6 Å². The number of nitriles is 1. The Hall–Kier alpha value is -4.43. The molecule has 0 bridgehead atoms. The van der Waals surface area contributed by atoms with E-state index in [4.69, 9.17) is 5.26 Å². The summed E-state index contributed by atoms with van der Waals surface area (Å²) in [5.41, 5.74) is 2.22. The van der Waals surface area contributed by atoms with Crippen molar-refractivity contribution in [3.63, 3.8) is 0 Å². The Labute approximate surface area is 209 Å². The molecule has 0 amide bonds. The molecule has 1 N–H and O–H groups in total. The smallest absolute Gasteiger partial charge is 0.303 e. The minimum Gasteiger partial charge on any atom is -0.303 e. The largest absolute Gasteiger partial charge is 0.416 e. The number of halogens is 3. The Kier molecular flexibility index (Phi) is 6.87. The maximum Gasteiger partial charge on any atom is 0.416 e. The fourth-order valence-electron chi connectivity index (χ4n) is 4.32. The highest BCUT2D eigenvalue weighted by atomic mass is 19.4. The summed E-state index contributed by atoms with van der Waals surface area (Å²) >= 11 is 0. The normalized spacial score (nSPS) is 14.3. The average Bonchev–Trinajstić information content (AvgIpc) is 3.33. The van der Waals surface area contributed by atoms with Crippen LogP contribution in [0, 0.1) is 18.3 Å². The lowest BCUT2D eigenvalue weighted by Crippen LogP contribution is -2.45. The third kappa shape index (κ3) is 4.71. The quantitative estimate of drug-likeness (QED) is 0.509. The first-order valence-corrected chi connectivity index (χ1v) is 11.3. The van der Waals surface area contributed by atoms with Gasteiger partial charge in [-0.2, -0.15) is 18.4 Å². The molecule has 4 rings (SSSR count). The van der Waals surface area contributed by atoms with Crippen molar-refractivity contribution < 1.29 is 18.0 Å². The molecule has 0 fully saturated rings. The van der Waals surface area contributed by atoms with Gasteiger partial charge in [-0.3, -0.25) is 18.9 Å². The highest BCUT2D eigenvalue weighted by Gasteiger charge is 2.32. The zero-order valence-corrected chi connectivity index (χ0v) is 19.9. The molecule has 37 heavy (non-hydrogen) atoms. The summed E-state index contributed by atoms with van der Waals surface area (Å²) in [6, 6.07) is 12.0. The number of alkyl halides is 3. The monoisotopic (exact) mass is 509 g/mol. The van der Waals surface area contributed by atoms with Gasteiger partial charge < -0.3 is 4.79 Å². The number of rotatable bonds is 6. The molecule has 8 nitrogen and oxygen atoms in total. The van der Waals surface area contributed by atoms with Gasteiger partial charge in [0.15, 0.2) is 0 Å². The van der Waals surface area contributed by atoms with Crippen LogP contribution in [-0.4, -0.2) is 22.0 Å². The van der Waals surface area contributed by atoms with Crippen molar-refractivity contribution in [1.82, 2.24) is 14.6 Å². The third-order valence-corrected chi connectivity index (χ3v) is 6.13. The van der Waals surface area contributed by atoms with Gasteiger partial charge in [-0.15, -0.1) is 0 Å². The number of nitrogens with one attached hydrogen (secondary N) is 1. The lowest BCUT2D eigenvalue weighted by Gasteiger charge is -2.26. The van der Waals surface area contributed by atoms with E-state index in [0.717, 1.165) is 21.3 Å². The fourth-order valence-corrected chi connectivity index (χ4v) is 4.32. The Balaban J connectivity index is 1.99. The van der Waals surface area contributed by atoms with Gasteiger partial charge in [0, 0.05) is 24.7 Å². The molecule has 0 saturated carbocycles. The molecule has 1 aliphatic heterocycles. The molecule has 1 aromatic heterocycles. The van der Waals surface area contributed by atoms with Crippen LogP contribution in [0.5, 0.6) is 0 Å². The SMILES string of the molecule is Cc1c(C2=CCNN2c2ccc(C#N)cc2)c(=O)n([C@H](C)CC=O)c(=O)n1-c1cccc(C(F)(F)F)c1. The van der Waals surface area contributed by atoms with Crippen LogP contribution in [0.3, 0.4) is 0 Å². The van der Waals surface area contributed by atoms with E-state index >= 15 is 0 Å². The van der Waals surface area contributed by atoms with Crippen LogP contribution in [0.25, 0.3) is 11.4 Å². The number of carbonyl (C=O) groups excluding carboxylic acids is 1. The van der Waals surface area contributed by atoms with E-state index < -0.39 is 29.0 Å². The highest BCUT2D eigenvalue weighted by Crippen LogP contribution is 2.32. The molecule has 1 atom stereocenters. The van der Waals surface area contributed by atoms with Crippen LogP contribution in [0.2, 0.25) is 0 Å². The lowest BCUT2D eigenvalue weighted by atomic mass is 10.1. The number of aromatic nitrogens is 2. The summed E-state index contributed by atoms with van der Waals surface area (Å²) in [6.45, 7) is 3.34. The Morgan fingerprint density at radius 3 is 2.46 bits per heavy atom. The van der Waals surface area contributed by atoms with Crippen molar-refractivity contribution in [2.24, 2.45) is 0 Å². The molecule has 2 aromatic carbocycles. The van der Waals surface area contributed by atoms with Crippen molar-refractivity contribution in [2.45, 2.75) is 32.5 Å². The van der Waals surface area contributed by atoms with Gasteiger partial charge in [-0.25, -0.2) is 10.2 Å². The maximum absolute atomic E-state index is 13.7. The van der Waals surface area contributed by atoms with Gasteiger partial charge in [-0.1, -0.05) is 6.07 Å². The second-order valence-corrected chi connectivity index (χ2v) is 8.50. The summed E-state index contributed by atoms with van der Waals surface area (Å²) in [4.78, 5) is 38.5. The van der Waals surface area contributed by atoms with Crippen molar-refractivity contribution in [1.29, 1.82) is 5.26 Å². The van der Waals surface area contributed by atoms with Gasteiger partial charge in [0.2, 0.25) is 0 Å². The molecule has 0 radical (unpaired) electrons. The number of hydrogen-bond donors (Lipinski definition) is 1.